The molecule has 0 saturated carbocycles. The van der Waals surface area contributed by atoms with Crippen molar-refractivity contribution in [1.29, 1.82) is 0 Å². The van der Waals surface area contributed by atoms with E-state index in [-0.39, 0.29) is 43.0 Å². The third kappa shape index (κ3) is 19000. The van der Waals surface area contributed by atoms with Crippen LogP contribution in [0.1, 0.15) is 55.4 Å². The van der Waals surface area contributed by atoms with Crippen LogP contribution in [0.5, 0.6) is 0 Å². The normalized spacial score (nSPS) is 8.47. The molecule has 0 atom stereocenters. The second kappa shape index (κ2) is 25.3. The summed E-state index contributed by atoms with van der Waals surface area (Å²) in [6.45, 7) is 13.8. The number of aliphatic hydroxyl groups is 4. The number of hydrogen-bond donors (Lipinski definition) is 4. The van der Waals surface area contributed by atoms with Crippen molar-refractivity contribution in [2.75, 3.05) is 0 Å². The maximum Gasteiger partial charge on any atom is 0.0483 e. The zero-order valence-corrected chi connectivity index (χ0v) is 13.9. The van der Waals surface area contributed by atoms with Crippen molar-refractivity contribution in [2.24, 2.45) is 0 Å². The molecule has 4 N–H and O–H groups in total. The second-order valence-electron chi connectivity index (χ2n) is 4.37. The van der Waals surface area contributed by atoms with Crippen LogP contribution in [0.15, 0.2) is 0 Å². The summed E-state index contributed by atoms with van der Waals surface area (Å²) >= 11 is 0. The molecule has 0 heterocycles. The molecule has 0 aromatic heterocycles. The summed E-state index contributed by atoms with van der Waals surface area (Å²) in [5.41, 5.74) is 0. The molecule has 0 fully saturated rings. The van der Waals surface area contributed by atoms with E-state index in [1.54, 1.807) is 55.4 Å². The Bertz CT molecular complexity index is 61.5. The van der Waals surface area contributed by atoms with Crippen LogP contribution in [-0.4, -0.2) is 44.8 Å². The summed E-state index contributed by atoms with van der Waals surface area (Å²) in [5.74, 6) is 0. The van der Waals surface area contributed by atoms with Gasteiger partial charge in [-0.15, -0.1) is 0 Å². The Morgan fingerprint density at radius 2 is 0.412 bits per heavy atom. The van der Waals surface area contributed by atoms with E-state index < -0.39 is 0 Å². The Morgan fingerprint density at radius 3 is 0.412 bits per heavy atom. The molecule has 1 radical (unpaired) electrons. The van der Waals surface area contributed by atoms with Crippen molar-refractivity contribution in [1.82, 2.24) is 0 Å². The molecule has 5 heteroatoms. The summed E-state index contributed by atoms with van der Waals surface area (Å²) in [4.78, 5) is 0. The maximum atomic E-state index is 8.06. The number of hydrogen-bond acceptors (Lipinski definition) is 4. The standard InChI is InChI=1S/4C3H8O.V/c4*1-3(2)4;/h4*3-4H,1-2H3;. The van der Waals surface area contributed by atoms with Crippen LogP contribution < -0.4 is 0 Å². The Kier molecular flexibility index (Phi) is 45.3. The van der Waals surface area contributed by atoms with Gasteiger partial charge in [-0.2, -0.15) is 0 Å². The first-order valence-corrected chi connectivity index (χ1v) is 5.65. The van der Waals surface area contributed by atoms with E-state index in [9.17, 15) is 0 Å². The maximum absolute atomic E-state index is 8.06. The largest absolute Gasteiger partial charge is 0.394 e. The Morgan fingerprint density at radius 1 is 0.412 bits per heavy atom. The molecule has 109 valence electrons. The first kappa shape index (κ1) is 30.4. The predicted octanol–water partition coefficient (Wildman–Crippen LogP) is 1.55. The van der Waals surface area contributed by atoms with Gasteiger partial charge in [-0.05, 0) is 55.4 Å². The van der Waals surface area contributed by atoms with Gasteiger partial charge in [0, 0.05) is 43.0 Å². The Hall–Kier alpha value is 0.424. The van der Waals surface area contributed by atoms with E-state index in [4.69, 9.17) is 20.4 Å². The molecule has 0 unspecified atom stereocenters. The van der Waals surface area contributed by atoms with Crippen LogP contribution >= 0.6 is 0 Å². The average molecular weight is 291 g/mol. The van der Waals surface area contributed by atoms with Crippen molar-refractivity contribution in [3.05, 3.63) is 0 Å². The number of aliphatic hydroxyl groups excluding tert-OH is 4. The molecule has 0 saturated heterocycles. The molecule has 0 rings (SSSR count). The van der Waals surface area contributed by atoms with E-state index in [0.717, 1.165) is 0 Å². The average Bonchev–Trinajstić information content (AvgIpc) is 1.76. The van der Waals surface area contributed by atoms with Gasteiger partial charge < -0.3 is 20.4 Å². The van der Waals surface area contributed by atoms with Crippen molar-refractivity contribution in [3.63, 3.8) is 0 Å². The van der Waals surface area contributed by atoms with Gasteiger partial charge in [0.2, 0.25) is 0 Å². The second-order valence-corrected chi connectivity index (χ2v) is 4.37. The van der Waals surface area contributed by atoms with Gasteiger partial charge >= 0.3 is 0 Å². The minimum absolute atomic E-state index is 0. The van der Waals surface area contributed by atoms with Crippen LogP contribution in [0, 0.1) is 0 Å². The zero-order chi connectivity index (χ0) is 14.3. The molecule has 0 amide bonds. The molecule has 0 aliphatic heterocycles. The summed E-state index contributed by atoms with van der Waals surface area (Å²) in [6.07, 6.45) is -0.667. The van der Waals surface area contributed by atoms with E-state index in [1.807, 2.05) is 0 Å². The molecular formula is C12H32O4V. The number of rotatable bonds is 0. The monoisotopic (exact) mass is 291 g/mol. The summed E-state index contributed by atoms with van der Waals surface area (Å²) in [6, 6.07) is 0. The zero-order valence-electron chi connectivity index (χ0n) is 12.5. The fourth-order valence-corrected chi connectivity index (χ4v) is 0. The van der Waals surface area contributed by atoms with Crippen molar-refractivity contribution >= 4 is 0 Å². The molecule has 0 aromatic carbocycles. The third-order valence-corrected chi connectivity index (χ3v) is 0. The van der Waals surface area contributed by atoms with Crippen LogP contribution in [0.3, 0.4) is 0 Å². The van der Waals surface area contributed by atoms with Gasteiger partial charge in [-0.3, -0.25) is 0 Å². The van der Waals surface area contributed by atoms with E-state index in [0.29, 0.717) is 0 Å². The third-order valence-electron chi connectivity index (χ3n) is 0. The van der Waals surface area contributed by atoms with Crippen LogP contribution in [0.25, 0.3) is 0 Å². The SMILES string of the molecule is CC(C)O.CC(C)O.CC(C)O.CC(C)O.[V]. The topological polar surface area (TPSA) is 80.9 Å². The van der Waals surface area contributed by atoms with E-state index in [1.165, 1.54) is 0 Å². The van der Waals surface area contributed by atoms with Gasteiger partial charge in [-0.1, -0.05) is 0 Å². The summed E-state index contributed by atoms with van der Waals surface area (Å²) < 4.78 is 0. The van der Waals surface area contributed by atoms with Crippen LogP contribution in [0.2, 0.25) is 0 Å². The summed E-state index contributed by atoms with van der Waals surface area (Å²) in [7, 11) is 0. The quantitative estimate of drug-likeness (QED) is 0.546. The van der Waals surface area contributed by atoms with Crippen molar-refractivity contribution in [2.45, 2.75) is 79.8 Å². The molecule has 4 nitrogen and oxygen atoms in total. The first-order valence-electron chi connectivity index (χ1n) is 5.65. The minimum Gasteiger partial charge on any atom is -0.394 e. The Labute approximate surface area is 119 Å². The van der Waals surface area contributed by atoms with E-state index in [2.05, 4.69) is 0 Å². The molecule has 0 bridgehead atoms. The minimum atomic E-state index is -0.167. The fourth-order valence-electron chi connectivity index (χ4n) is 0. The van der Waals surface area contributed by atoms with Crippen molar-refractivity contribution < 1.29 is 39.0 Å². The molecule has 0 aromatic rings. The van der Waals surface area contributed by atoms with Gasteiger partial charge in [0.15, 0.2) is 0 Å². The van der Waals surface area contributed by atoms with Gasteiger partial charge in [-0.25, -0.2) is 0 Å². The molecule has 0 spiro atoms. The van der Waals surface area contributed by atoms with Gasteiger partial charge in [0.05, 0.1) is 0 Å². The Balaban J connectivity index is -0.0000000369. The summed E-state index contributed by atoms with van der Waals surface area (Å²) in [5, 5.41) is 32.2. The molecule has 17 heavy (non-hydrogen) atoms. The molecule has 0 aliphatic rings. The smallest absolute Gasteiger partial charge is 0.0483 e. The van der Waals surface area contributed by atoms with Crippen LogP contribution in [0.4, 0.5) is 0 Å². The van der Waals surface area contributed by atoms with Crippen molar-refractivity contribution in [3.8, 4) is 0 Å². The first-order chi connectivity index (χ1) is 6.93. The molecule has 0 aliphatic carbocycles. The van der Waals surface area contributed by atoms with Crippen LogP contribution in [-0.2, 0) is 18.6 Å². The fraction of sp³-hybridized carbons (Fsp3) is 1.00. The van der Waals surface area contributed by atoms with Gasteiger partial charge in [0.25, 0.3) is 0 Å². The molecular weight excluding hydrogens is 259 g/mol. The van der Waals surface area contributed by atoms with Gasteiger partial charge in [0.1, 0.15) is 0 Å². The predicted molar refractivity (Wildman–Crippen MR) is 69.4 cm³/mol. The van der Waals surface area contributed by atoms with E-state index >= 15 is 0 Å².